The Balaban J connectivity index is 0.00000210. The molecular weight excluding hydrogens is 409 g/mol. The lowest BCUT2D eigenvalue weighted by Gasteiger charge is -2.12. The number of hydrogen-bond donors (Lipinski definition) is 3. The predicted octanol–water partition coefficient (Wildman–Crippen LogP) is 4.04. The Morgan fingerprint density at radius 3 is 2.28 bits per heavy atom. The highest BCUT2D eigenvalue weighted by atomic mass is 35.5. The average Bonchev–Trinajstić information content (AvgIpc) is 2.73. The molecular formula is C22H25Cl2N3O2. The van der Waals surface area contributed by atoms with E-state index in [4.69, 9.17) is 0 Å². The van der Waals surface area contributed by atoms with Crippen LogP contribution in [0.5, 0.6) is 0 Å². The zero-order valence-electron chi connectivity index (χ0n) is 15.8. The lowest BCUT2D eigenvalue weighted by Crippen LogP contribution is -2.23. The number of amides is 1. The van der Waals surface area contributed by atoms with E-state index in [0.717, 1.165) is 29.8 Å². The van der Waals surface area contributed by atoms with E-state index < -0.39 is 6.10 Å². The lowest BCUT2D eigenvalue weighted by molar-refractivity contribution is 0.102. The fourth-order valence-corrected chi connectivity index (χ4v) is 2.71. The summed E-state index contributed by atoms with van der Waals surface area (Å²) in [5.41, 5.74) is 3.20. The number of halogens is 2. The van der Waals surface area contributed by atoms with E-state index in [9.17, 15) is 9.90 Å². The molecule has 2 aromatic carbocycles. The largest absolute Gasteiger partial charge is 0.387 e. The Bertz CT molecular complexity index is 847. The van der Waals surface area contributed by atoms with Gasteiger partial charge in [-0.15, -0.1) is 24.8 Å². The normalized spacial score (nSPS) is 10.9. The molecule has 0 saturated carbocycles. The molecule has 5 nitrogen and oxygen atoms in total. The first kappa shape index (κ1) is 24.6. The summed E-state index contributed by atoms with van der Waals surface area (Å²) in [7, 11) is 0. The molecule has 0 aliphatic rings. The Kier molecular flexibility index (Phi) is 10.9. The van der Waals surface area contributed by atoms with Gasteiger partial charge in [0.25, 0.3) is 5.91 Å². The maximum absolute atomic E-state index is 12.1. The van der Waals surface area contributed by atoms with Gasteiger partial charge >= 0.3 is 0 Å². The van der Waals surface area contributed by atoms with Gasteiger partial charge in [0.05, 0.1) is 6.10 Å². The predicted molar refractivity (Wildman–Crippen MR) is 121 cm³/mol. The van der Waals surface area contributed by atoms with Gasteiger partial charge in [-0.3, -0.25) is 9.78 Å². The first-order valence-electron chi connectivity index (χ1n) is 8.97. The number of benzene rings is 2. The Hall–Kier alpha value is -2.44. The van der Waals surface area contributed by atoms with E-state index in [1.54, 1.807) is 24.4 Å². The van der Waals surface area contributed by atoms with Crippen LogP contribution in [0.2, 0.25) is 0 Å². The maximum atomic E-state index is 12.1. The van der Waals surface area contributed by atoms with E-state index in [0.29, 0.717) is 12.2 Å². The van der Waals surface area contributed by atoms with Crippen LogP contribution in [-0.2, 0) is 6.42 Å². The molecule has 154 valence electrons. The van der Waals surface area contributed by atoms with Gasteiger partial charge in [-0.05, 0) is 48.4 Å². The van der Waals surface area contributed by atoms with E-state index in [1.165, 1.54) is 0 Å². The van der Waals surface area contributed by atoms with Gasteiger partial charge in [0.15, 0.2) is 0 Å². The average molecular weight is 434 g/mol. The van der Waals surface area contributed by atoms with Crippen LogP contribution in [0.25, 0.3) is 0 Å². The lowest BCUT2D eigenvalue weighted by atomic mass is 10.1. The van der Waals surface area contributed by atoms with Crippen LogP contribution in [0.1, 0.15) is 27.7 Å². The van der Waals surface area contributed by atoms with Crippen molar-refractivity contribution in [2.24, 2.45) is 0 Å². The second-order valence-electron chi connectivity index (χ2n) is 6.25. The van der Waals surface area contributed by atoms with Crippen molar-refractivity contribution in [3.8, 4) is 0 Å². The van der Waals surface area contributed by atoms with E-state index >= 15 is 0 Å². The molecule has 1 unspecified atom stereocenters. The number of carbonyl (C=O) groups excluding carboxylic acids is 1. The summed E-state index contributed by atoms with van der Waals surface area (Å²) in [5.74, 6) is -0.222. The van der Waals surface area contributed by atoms with Crippen molar-refractivity contribution in [3.05, 3.63) is 95.8 Å². The maximum Gasteiger partial charge on any atom is 0.274 e. The van der Waals surface area contributed by atoms with Crippen molar-refractivity contribution < 1.29 is 9.90 Å². The summed E-state index contributed by atoms with van der Waals surface area (Å²) in [6, 6.07) is 22.6. The van der Waals surface area contributed by atoms with E-state index in [-0.39, 0.29) is 30.7 Å². The summed E-state index contributed by atoms with van der Waals surface area (Å²) in [6.45, 7) is 1.28. The molecule has 1 atom stereocenters. The van der Waals surface area contributed by atoms with Crippen molar-refractivity contribution >= 4 is 36.4 Å². The van der Waals surface area contributed by atoms with Crippen molar-refractivity contribution in [3.63, 3.8) is 0 Å². The number of aromatic nitrogens is 1. The molecule has 3 N–H and O–H groups in total. The molecule has 1 heterocycles. The fraction of sp³-hybridized carbons (Fsp3) is 0.182. The van der Waals surface area contributed by atoms with Crippen LogP contribution in [0.4, 0.5) is 5.69 Å². The third kappa shape index (κ3) is 7.83. The summed E-state index contributed by atoms with van der Waals surface area (Å²) in [5, 5.41) is 16.2. The molecule has 0 aliphatic heterocycles. The molecule has 0 bridgehead atoms. The number of nitrogens with one attached hydrogen (secondary N) is 2. The van der Waals surface area contributed by atoms with Gasteiger partial charge in [-0.2, -0.15) is 0 Å². The van der Waals surface area contributed by atoms with E-state index in [2.05, 4.69) is 15.6 Å². The minimum Gasteiger partial charge on any atom is -0.387 e. The number of pyridine rings is 1. The number of aliphatic hydroxyl groups excluding tert-OH is 1. The van der Waals surface area contributed by atoms with Crippen LogP contribution in [0.15, 0.2) is 79.0 Å². The highest BCUT2D eigenvalue weighted by molar-refractivity contribution is 6.02. The second-order valence-corrected chi connectivity index (χ2v) is 6.25. The summed E-state index contributed by atoms with van der Waals surface area (Å²) in [6.07, 6.45) is 1.94. The van der Waals surface area contributed by atoms with Gasteiger partial charge < -0.3 is 15.7 Å². The monoisotopic (exact) mass is 433 g/mol. The van der Waals surface area contributed by atoms with Crippen molar-refractivity contribution in [2.45, 2.75) is 12.5 Å². The summed E-state index contributed by atoms with van der Waals surface area (Å²) in [4.78, 5) is 16.1. The van der Waals surface area contributed by atoms with Crippen LogP contribution < -0.4 is 10.6 Å². The molecule has 0 saturated heterocycles. The molecule has 1 amide bonds. The first-order chi connectivity index (χ1) is 13.2. The number of hydrogen-bond acceptors (Lipinski definition) is 4. The molecule has 3 rings (SSSR count). The number of anilines is 1. The molecule has 0 fully saturated rings. The minimum absolute atomic E-state index is 0. The SMILES string of the molecule is Cl.Cl.O=C(Nc1ccc(CCNCC(O)c2ccccc2)cc1)c1ccccn1. The van der Waals surface area contributed by atoms with Crippen LogP contribution in [-0.4, -0.2) is 29.1 Å². The standard InChI is InChI=1S/C22H23N3O2.2ClH/c26-21(18-6-2-1-3-7-18)16-23-15-13-17-9-11-19(12-10-17)25-22(27)20-8-4-5-14-24-20;;/h1-12,14,21,23,26H,13,15-16H2,(H,25,27);2*1H. The van der Waals surface area contributed by atoms with Crippen LogP contribution in [0.3, 0.4) is 0 Å². The number of carbonyl (C=O) groups is 1. The third-order valence-corrected chi connectivity index (χ3v) is 4.22. The van der Waals surface area contributed by atoms with Crippen molar-refractivity contribution in [2.75, 3.05) is 18.4 Å². The summed E-state index contributed by atoms with van der Waals surface area (Å²) >= 11 is 0. The molecule has 0 radical (unpaired) electrons. The van der Waals surface area contributed by atoms with Gasteiger partial charge in [-0.1, -0.05) is 48.5 Å². The van der Waals surface area contributed by atoms with Crippen LogP contribution >= 0.6 is 24.8 Å². The summed E-state index contributed by atoms with van der Waals surface area (Å²) < 4.78 is 0. The smallest absolute Gasteiger partial charge is 0.274 e. The second kappa shape index (κ2) is 12.9. The van der Waals surface area contributed by atoms with Crippen LogP contribution in [0, 0.1) is 0 Å². The molecule has 0 spiro atoms. The molecule has 3 aromatic rings. The third-order valence-electron chi connectivity index (χ3n) is 4.22. The van der Waals surface area contributed by atoms with Gasteiger partial charge in [-0.25, -0.2) is 0 Å². The van der Waals surface area contributed by atoms with Gasteiger partial charge in [0.2, 0.25) is 0 Å². The van der Waals surface area contributed by atoms with Crippen molar-refractivity contribution in [1.82, 2.24) is 10.3 Å². The topological polar surface area (TPSA) is 74.2 Å². The Morgan fingerprint density at radius 1 is 0.931 bits per heavy atom. The molecule has 1 aromatic heterocycles. The number of rotatable bonds is 8. The zero-order valence-corrected chi connectivity index (χ0v) is 17.5. The number of nitrogens with zero attached hydrogens (tertiary/aromatic N) is 1. The van der Waals surface area contributed by atoms with E-state index in [1.807, 2.05) is 54.6 Å². The first-order valence-corrected chi connectivity index (χ1v) is 8.97. The minimum atomic E-state index is -0.504. The molecule has 0 aliphatic carbocycles. The zero-order chi connectivity index (χ0) is 18.9. The van der Waals surface area contributed by atoms with Crippen molar-refractivity contribution in [1.29, 1.82) is 0 Å². The van der Waals surface area contributed by atoms with Gasteiger partial charge in [0.1, 0.15) is 5.69 Å². The fourth-order valence-electron chi connectivity index (χ4n) is 2.71. The molecule has 7 heteroatoms. The number of aliphatic hydroxyl groups is 1. The quantitative estimate of drug-likeness (QED) is 0.468. The highest BCUT2D eigenvalue weighted by Crippen LogP contribution is 2.12. The Labute approximate surface area is 183 Å². The van der Waals surface area contributed by atoms with Gasteiger partial charge in [0, 0.05) is 18.4 Å². The highest BCUT2D eigenvalue weighted by Gasteiger charge is 2.07. The Morgan fingerprint density at radius 2 is 1.62 bits per heavy atom. The molecule has 29 heavy (non-hydrogen) atoms.